The number of hydrogen-bond acceptors (Lipinski definition) is 4. The normalized spacial score (nSPS) is 11.4. The summed E-state index contributed by atoms with van der Waals surface area (Å²) in [5.41, 5.74) is 3.84. The first-order chi connectivity index (χ1) is 10.8. The van der Waals surface area contributed by atoms with Gasteiger partial charge in [0.2, 0.25) is 0 Å². The average Bonchev–Trinajstić information content (AvgIpc) is 3.03. The fourth-order valence-electron chi connectivity index (χ4n) is 2.60. The van der Waals surface area contributed by atoms with Crippen LogP contribution < -0.4 is 0 Å². The molecular formula is C16H12FN5. The van der Waals surface area contributed by atoms with Gasteiger partial charge in [0.1, 0.15) is 12.1 Å². The lowest BCUT2D eigenvalue weighted by atomic mass is 10.0. The minimum atomic E-state index is -0.283. The highest BCUT2D eigenvalue weighted by atomic mass is 19.1. The second-order valence-electron chi connectivity index (χ2n) is 5.00. The summed E-state index contributed by atoms with van der Waals surface area (Å²) >= 11 is 0. The quantitative estimate of drug-likeness (QED) is 0.570. The van der Waals surface area contributed by atoms with Gasteiger partial charge in [-0.3, -0.25) is 4.98 Å². The van der Waals surface area contributed by atoms with E-state index >= 15 is 0 Å². The van der Waals surface area contributed by atoms with Crippen LogP contribution in [0.25, 0.3) is 27.7 Å². The second-order valence-corrected chi connectivity index (χ2v) is 5.00. The number of nitrogens with zero attached hydrogens (tertiary/aromatic N) is 5. The van der Waals surface area contributed by atoms with E-state index in [1.165, 1.54) is 6.07 Å². The monoisotopic (exact) mass is 293 g/mol. The molecular weight excluding hydrogens is 281 g/mol. The minimum absolute atomic E-state index is 0.283. The zero-order valence-electron chi connectivity index (χ0n) is 11.9. The maximum absolute atomic E-state index is 14.0. The number of aryl methyl sites for hydroxylation is 1. The highest BCUT2D eigenvalue weighted by Gasteiger charge is 2.14. The van der Waals surface area contributed by atoms with E-state index in [9.17, 15) is 4.39 Å². The summed E-state index contributed by atoms with van der Waals surface area (Å²) in [6.07, 6.45) is 4.01. The van der Waals surface area contributed by atoms with Crippen molar-refractivity contribution in [3.8, 4) is 11.1 Å². The molecule has 0 N–H and O–H groups in total. The van der Waals surface area contributed by atoms with E-state index in [4.69, 9.17) is 0 Å². The summed E-state index contributed by atoms with van der Waals surface area (Å²) < 4.78 is 15.6. The number of fused-ring (bicyclic) bond motifs is 2. The van der Waals surface area contributed by atoms with Gasteiger partial charge in [0.25, 0.3) is 0 Å². The van der Waals surface area contributed by atoms with Gasteiger partial charge in [-0.2, -0.15) is 9.61 Å². The molecule has 22 heavy (non-hydrogen) atoms. The van der Waals surface area contributed by atoms with Crippen molar-refractivity contribution in [3.05, 3.63) is 54.4 Å². The Kier molecular flexibility index (Phi) is 2.82. The maximum atomic E-state index is 14.0. The molecule has 3 heterocycles. The number of halogens is 1. The zero-order valence-corrected chi connectivity index (χ0v) is 11.9. The molecule has 4 aromatic rings. The Bertz CT molecular complexity index is 992. The van der Waals surface area contributed by atoms with Crippen molar-refractivity contribution < 1.29 is 4.39 Å². The van der Waals surface area contributed by atoms with Crippen LogP contribution in [0.4, 0.5) is 4.39 Å². The summed E-state index contributed by atoms with van der Waals surface area (Å²) in [7, 11) is 0. The molecule has 0 saturated heterocycles. The number of aromatic nitrogens is 5. The van der Waals surface area contributed by atoms with Crippen LogP contribution in [0.3, 0.4) is 0 Å². The molecule has 5 nitrogen and oxygen atoms in total. The lowest BCUT2D eigenvalue weighted by Crippen LogP contribution is -1.99. The first-order valence-corrected chi connectivity index (χ1v) is 7.01. The predicted molar refractivity (Wildman–Crippen MR) is 80.9 cm³/mol. The number of benzene rings is 1. The first-order valence-electron chi connectivity index (χ1n) is 7.01. The van der Waals surface area contributed by atoms with Crippen LogP contribution in [0, 0.1) is 5.82 Å². The van der Waals surface area contributed by atoms with Crippen LogP contribution in [0.1, 0.15) is 12.6 Å². The third kappa shape index (κ3) is 1.84. The molecule has 0 radical (unpaired) electrons. The topological polar surface area (TPSA) is 56.0 Å². The highest BCUT2D eigenvalue weighted by Crippen LogP contribution is 2.31. The molecule has 108 valence electrons. The Morgan fingerprint density at radius 1 is 1.18 bits per heavy atom. The van der Waals surface area contributed by atoms with E-state index in [1.807, 2.05) is 13.0 Å². The van der Waals surface area contributed by atoms with Crippen molar-refractivity contribution >= 4 is 16.6 Å². The molecule has 0 aliphatic rings. The lowest BCUT2D eigenvalue weighted by molar-refractivity contribution is 0.639. The smallest absolute Gasteiger partial charge is 0.185 e. The van der Waals surface area contributed by atoms with Crippen LogP contribution in [0.5, 0.6) is 0 Å². The second kappa shape index (κ2) is 4.84. The van der Waals surface area contributed by atoms with Gasteiger partial charge < -0.3 is 0 Å². The van der Waals surface area contributed by atoms with Crippen LogP contribution >= 0.6 is 0 Å². The van der Waals surface area contributed by atoms with Crippen LogP contribution in [-0.2, 0) is 6.42 Å². The van der Waals surface area contributed by atoms with E-state index in [-0.39, 0.29) is 5.82 Å². The van der Waals surface area contributed by atoms with E-state index < -0.39 is 0 Å². The number of hydrogen-bond donors (Lipinski definition) is 0. The molecule has 0 unspecified atom stereocenters. The van der Waals surface area contributed by atoms with Gasteiger partial charge in [-0.15, -0.1) is 10.2 Å². The Hall–Kier alpha value is -2.89. The lowest BCUT2D eigenvalue weighted by Gasteiger charge is -2.09. The van der Waals surface area contributed by atoms with E-state index in [2.05, 4.69) is 20.3 Å². The van der Waals surface area contributed by atoms with Crippen molar-refractivity contribution in [2.24, 2.45) is 0 Å². The molecule has 0 saturated carbocycles. The molecule has 0 amide bonds. The molecule has 3 aromatic heterocycles. The molecule has 0 fully saturated rings. The minimum Gasteiger partial charge on any atom is -0.255 e. The van der Waals surface area contributed by atoms with Gasteiger partial charge >= 0.3 is 0 Å². The van der Waals surface area contributed by atoms with Gasteiger partial charge in [-0.05, 0) is 36.8 Å². The van der Waals surface area contributed by atoms with Gasteiger partial charge in [-0.25, -0.2) is 4.39 Å². The Labute approximate surface area is 125 Å². The number of pyridine rings is 1. The highest BCUT2D eigenvalue weighted by molar-refractivity contribution is 5.97. The van der Waals surface area contributed by atoms with E-state index in [1.54, 1.807) is 35.2 Å². The summed E-state index contributed by atoms with van der Waals surface area (Å²) in [5, 5.41) is 13.0. The summed E-state index contributed by atoms with van der Waals surface area (Å²) in [4.78, 5) is 4.35. The summed E-state index contributed by atoms with van der Waals surface area (Å²) in [6.45, 7) is 2.03. The fraction of sp³-hybridized carbons (Fsp3) is 0.125. The molecule has 0 atom stereocenters. The van der Waals surface area contributed by atoms with Crippen LogP contribution in [-0.4, -0.2) is 24.8 Å². The molecule has 0 bridgehead atoms. The largest absolute Gasteiger partial charge is 0.255 e. The molecule has 6 heteroatoms. The fourth-order valence-corrected chi connectivity index (χ4v) is 2.60. The summed E-state index contributed by atoms with van der Waals surface area (Å²) in [5.74, 6) is -0.283. The molecule has 0 spiro atoms. The van der Waals surface area contributed by atoms with Crippen molar-refractivity contribution in [2.45, 2.75) is 13.3 Å². The SMILES string of the molecule is CCc1cc(-c2ccc(F)c3cccnc23)c2nncn2n1. The van der Waals surface area contributed by atoms with Crippen molar-refractivity contribution in [2.75, 3.05) is 0 Å². The van der Waals surface area contributed by atoms with E-state index in [0.29, 0.717) is 16.6 Å². The van der Waals surface area contributed by atoms with Gasteiger partial charge in [-0.1, -0.05) is 6.92 Å². The predicted octanol–water partition coefficient (Wildman–Crippen LogP) is 3.04. The number of rotatable bonds is 2. The van der Waals surface area contributed by atoms with Crippen molar-refractivity contribution in [3.63, 3.8) is 0 Å². The van der Waals surface area contributed by atoms with Gasteiger partial charge in [0, 0.05) is 22.7 Å². The molecule has 4 rings (SSSR count). The van der Waals surface area contributed by atoms with Crippen molar-refractivity contribution in [1.82, 2.24) is 24.8 Å². The van der Waals surface area contributed by atoms with E-state index in [0.717, 1.165) is 23.2 Å². The Morgan fingerprint density at radius 2 is 2.09 bits per heavy atom. The molecule has 0 aliphatic heterocycles. The maximum Gasteiger partial charge on any atom is 0.185 e. The Balaban J connectivity index is 2.11. The van der Waals surface area contributed by atoms with Gasteiger partial charge in [0.15, 0.2) is 5.65 Å². The molecule has 0 aliphatic carbocycles. The Morgan fingerprint density at radius 3 is 2.95 bits per heavy atom. The average molecular weight is 293 g/mol. The van der Waals surface area contributed by atoms with Crippen molar-refractivity contribution in [1.29, 1.82) is 0 Å². The third-order valence-corrected chi connectivity index (χ3v) is 3.69. The molecule has 1 aromatic carbocycles. The van der Waals surface area contributed by atoms with Crippen LogP contribution in [0.2, 0.25) is 0 Å². The van der Waals surface area contributed by atoms with Crippen LogP contribution in [0.15, 0.2) is 42.9 Å². The first kappa shape index (κ1) is 12.8. The summed E-state index contributed by atoms with van der Waals surface area (Å²) in [6, 6.07) is 8.60. The standard InChI is InChI=1S/C16H12FN5/c1-2-10-8-13(16-20-19-9-22(16)21-10)11-5-6-14(17)12-4-3-7-18-15(11)12/h3-9H,2H2,1H3. The third-order valence-electron chi connectivity index (χ3n) is 3.69. The zero-order chi connectivity index (χ0) is 15.1. The van der Waals surface area contributed by atoms with Gasteiger partial charge in [0.05, 0.1) is 11.2 Å².